The molecule has 23 heavy (non-hydrogen) atoms. The van der Waals surface area contributed by atoms with Gasteiger partial charge in [0.05, 0.1) is 6.61 Å². The van der Waals surface area contributed by atoms with E-state index in [0.717, 1.165) is 12.2 Å². The maximum absolute atomic E-state index is 12.1. The van der Waals surface area contributed by atoms with Gasteiger partial charge in [-0.15, -0.1) is 0 Å². The first-order chi connectivity index (χ1) is 10.7. The monoisotopic (exact) mass is 347 g/mol. The number of nitrogens with one attached hydrogen (secondary N) is 1. The van der Waals surface area contributed by atoms with Gasteiger partial charge in [0.1, 0.15) is 17.7 Å². The normalized spacial score (nSPS) is 14.2. The number of hydrogen-bond acceptors (Lipinski definition) is 6. The van der Waals surface area contributed by atoms with E-state index in [1.165, 1.54) is 12.8 Å². The van der Waals surface area contributed by atoms with E-state index in [9.17, 15) is 9.59 Å². The van der Waals surface area contributed by atoms with Crippen molar-refractivity contribution in [3.8, 4) is 0 Å². The topological polar surface area (TPSA) is 64.6 Å². The summed E-state index contributed by atoms with van der Waals surface area (Å²) in [5.41, 5.74) is -0.540. The van der Waals surface area contributed by atoms with Crippen LogP contribution in [0.3, 0.4) is 0 Å². The zero-order valence-electron chi connectivity index (χ0n) is 15.4. The summed E-state index contributed by atoms with van der Waals surface area (Å²) in [4.78, 5) is 24.1. The Bertz CT molecular complexity index is 355. The number of ether oxygens (including phenoxy) is 2. The van der Waals surface area contributed by atoms with Gasteiger partial charge in [-0.3, -0.25) is 14.9 Å². The van der Waals surface area contributed by atoms with Gasteiger partial charge in [0, 0.05) is 5.75 Å². The summed E-state index contributed by atoms with van der Waals surface area (Å²) in [5.74, 6) is 0.927. The second-order valence-corrected chi connectivity index (χ2v) is 7.66. The molecule has 0 aliphatic carbocycles. The highest BCUT2D eigenvalue weighted by molar-refractivity contribution is 7.99. The fourth-order valence-corrected chi connectivity index (χ4v) is 2.89. The second kappa shape index (κ2) is 11.7. The first-order valence-corrected chi connectivity index (χ1v) is 9.60. The predicted molar refractivity (Wildman–Crippen MR) is 95.7 cm³/mol. The van der Waals surface area contributed by atoms with Crippen LogP contribution in [0.5, 0.6) is 0 Å². The molecule has 0 rings (SSSR count). The Hall–Kier alpha value is -0.750. The van der Waals surface area contributed by atoms with E-state index in [1.807, 2.05) is 20.8 Å². The number of hydrogen-bond donors (Lipinski definition) is 1. The number of thioether (sulfide) groups is 1. The van der Waals surface area contributed by atoms with E-state index in [4.69, 9.17) is 9.47 Å². The van der Waals surface area contributed by atoms with Crippen molar-refractivity contribution in [1.29, 1.82) is 0 Å². The summed E-state index contributed by atoms with van der Waals surface area (Å²) >= 11 is 1.71. The molecule has 0 aliphatic heterocycles. The van der Waals surface area contributed by atoms with Gasteiger partial charge in [0.2, 0.25) is 0 Å². The molecule has 0 saturated carbocycles. The third kappa shape index (κ3) is 11.4. The summed E-state index contributed by atoms with van der Waals surface area (Å²) < 4.78 is 10.4. The molecule has 136 valence electrons. The van der Waals surface area contributed by atoms with Gasteiger partial charge in [-0.2, -0.15) is 11.8 Å². The lowest BCUT2D eigenvalue weighted by molar-refractivity contribution is -0.157. The van der Waals surface area contributed by atoms with Crippen LogP contribution in [0, 0.1) is 0 Å². The van der Waals surface area contributed by atoms with Crippen LogP contribution in [0.2, 0.25) is 0 Å². The molecule has 0 amide bonds. The van der Waals surface area contributed by atoms with E-state index in [-0.39, 0.29) is 11.9 Å². The first kappa shape index (κ1) is 22.2. The molecule has 0 aliphatic rings. The van der Waals surface area contributed by atoms with Crippen molar-refractivity contribution >= 4 is 23.7 Å². The Labute approximate surface area is 145 Å². The predicted octanol–water partition coefficient (Wildman–Crippen LogP) is 3.16. The fourth-order valence-electron chi connectivity index (χ4n) is 1.84. The Morgan fingerprint density at radius 3 is 2.30 bits per heavy atom. The van der Waals surface area contributed by atoms with Crippen molar-refractivity contribution in [1.82, 2.24) is 5.32 Å². The third-order valence-electron chi connectivity index (χ3n) is 2.96. The molecule has 6 heteroatoms. The van der Waals surface area contributed by atoms with Gasteiger partial charge in [-0.05, 0) is 46.8 Å². The molecule has 1 unspecified atom stereocenters. The highest BCUT2D eigenvalue weighted by atomic mass is 32.2. The van der Waals surface area contributed by atoms with Crippen molar-refractivity contribution in [2.75, 3.05) is 18.1 Å². The molecular weight excluding hydrogens is 314 g/mol. The van der Waals surface area contributed by atoms with Crippen LogP contribution in [0.25, 0.3) is 0 Å². The molecule has 0 bridgehead atoms. The van der Waals surface area contributed by atoms with Crippen LogP contribution in [0.1, 0.15) is 60.8 Å². The lowest BCUT2D eigenvalue weighted by Gasteiger charge is -2.25. The Morgan fingerprint density at radius 1 is 1.13 bits per heavy atom. The number of esters is 2. The van der Waals surface area contributed by atoms with Crippen LogP contribution in [0.4, 0.5) is 0 Å². The zero-order valence-corrected chi connectivity index (χ0v) is 16.3. The quantitative estimate of drug-likeness (QED) is 0.457. The fraction of sp³-hybridized carbons (Fsp3) is 0.882. The molecule has 2 atom stereocenters. The van der Waals surface area contributed by atoms with E-state index >= 15 is 0 Å². The molecule has 0 aromatic rings. The summed E-state index contributed by atoms with van der Waals surface area (Å²) in [7, 11) is 0. The van der Waals surface area contributed by atoms with E-state index in [0.29, 0.717) is 12.4 Å². The average molecular weight is 348 g/mol. The number of carbonyl (C=O) groups excluding carboxylic acids is 2. The van der Waals surface area contributed by atoms with Crippen LogP contribution >= 0.6 is 11.8 Å². The van der Waals surface area contributed by atoms with E-state index in [2.05, 4.69) is 12.2 Å². The summed E-state index contributed by atoms with van der Waals surface area (Å²) in [6.07, 6.45) is 3.51. The summed E-state index contributed by atoms with van der Waals surface area (Å²) in [6, 6.07) is -1.05. The molecule has 0 aromatic carbocycles. The summed E-state index contributed by atoms with van der Waals surface area (Å²) in [5, 5.41) is 3.04. The minimum absolute atomic E-state index is 0.314. The average Bonchev–Trinajstić information content (AvgIpc) is 2.44. The third-order valence-corrected chi connectivity index (χ3v) is 4.11. The second-order valence-electron chi connectivity index (χ2n) is 6.51. The lowest BCUT2D eigenvalue weighted by atomic mass is 10.2. The SMILES string of the molecule is CCCCCSCC(N[C@@H](C)C(=O)OC(C)(C)C)C(=O)OCC. The molecular formula is C17H33NO4S. The highest BCUT2D eigenvalue weighted by Gasteiger charge is 2.27. The van der Waals surface area contributed by atoms with Crippen LogP contribution < -0.4 is 5.32 Å². The lowest BCUT2D eigenvalue weighted by Crippen LogP contribution is -2.49. The maximum atomic E-state index is 12.1. The van der Waals surface area contributed by atoms with Gasteiger partial charge in [0.25, 0.3) is 0 Å². The largest absolute Gasteiger partial charge is 0.465 e. The van der Waals surface area contributed by atoms with Gasteiger partial charge >= 0.3 is 11.9 Å². The first-order valence-electron chi connectivity index (χ1n) is 8.44. The molecule has 1 N–H and O–H groups in total. The van der Waals surface area contributed by atoms with E-state index < -0.39 is 17.7 Å². The standard InChI is InChI=1S/C17H33NO4S/c1-7-9-10-11-23-12-14(16(20)21-8-2)18-13(3)15(19)22-17(4,5)6/h13-14,18H,7-12H2,1-6H3/t13-,14?/m0/s1. The molecule has 0 aromatic heterocycles. The molecule has 5 nitrogen and oxygen atoms in total. The van der Waals surface area contributed by atoms with Crippen molar-refractivity contribution < 1.29 is 19.1 Å². The highest BCUT2D eigenvalue weighted by Crippen LogP contribution is 2.12. The number of unbranched alkanes of at least 4 members (excludes halogenated alkanes) is 2. The van der Waals surface area contributed by atoms with Gasteiger partial charge in [-0.25, -0.2) is 0 Å². The molecule has 0 heterocycles. The number of rotatable bonds is 11. The van der Waals surface area contributed by atoms with Crippen molar-refractivity contribution in [2.45, 2.75) is 78.5 Å². The molecule has 0 radical (unpaired) electrons. The zero-order chi connectivity index (χ0) is 17.9. The van der Waals surface area contributed by atoms with Crippen LogP contribution in [-0.4, -0.2) is 47.7 Å². The van der Waals surface area contributed by atoms with Gasteiger partial charge in [0.15, 0.2) is 0 Å². The van der Waals surface area contributed by atoms with Gasteiger partial charge in [-0.1, -0.05) is 19.8 Å². The molecule has 0 fully saturated rings. The maximum Gasteiger partial charge on any atom is 0.324 e. The molecule has 0 spiro atoms. The Kier molecular flexibility index (Phi) is 11.4. The minimum Gasteiger partial charge on any atom is -0.465 e. The number of carbonyl (C=O) groups is 2. The van der Waals surface area contributed by atoms with Crippen LogP contribution in [0.15, 0.2) is 0 Å². The van der Waals surface area contributed by atoms with E-state index in [1.54, 1.807) is 25.6 Å². The minimum atomic E-state index is -0.556. The van der Waals surface area contributed by atoms with Crippen molar-refractivity contribution in [3.63, 3.8) is 0 Å². The van der Waals surface area contributed by atoms with Gasteiger partial charge < -0.3 is 9.47 Å². The van der Waals surface area contributed by atoms with Crippen LogP contribution in [-0.2, 0) is 19.1 Å². The van der Waals surface area contributed by atoms with Crippen molar-refractivity contribution in [2.24, 2.45) is 0 Å². The smallest absolute Gasteiger partial charge is 0.324 e. The summed E-state index contributed by atoms with van der Waals surface area (Å²) in [6.45, 7) is 11.5. The Morgan fingerprint density at radius 2 is 1.78 bits per heavy atom. The Balaban J connectivity index is 4.49. The van der Waals surface area contributed by atoms with Crippen molar-refractivity contribution in [3.05, 3.63) is 0 Å². The molecule has 0 saturated heterocycles.